The molecule has 1 N–H and O–H groups in total. The normalized spacial score (nSPS) is 12.2. The van der Waals surface area contributed by atoms with Crippen molar-refractivity contribution in [3.8, 4) is 0 Å². The van der Waals surface area contributed by atoms with Crippen molar-refractivity contribution in [3.05, 3.63) is 42.1 Å². The van der Waals surface area contributed by atoms with Crippen molar-refractivity contribution in [2.24, 2.45) is 7.05 Å². The van der Waals surface area contributed by atoms with Gasteiger partial charge in [0.15, 0.2) is 0 Å². The van der Waals surface area contributed by atoms with Crippen LogP contribution in [-0.2, 0) is 30.2 Å². The van der Waals surface area contributed by atoms with E-state index in [9.17, 15) is 8.42 Å². The molecule has 2 aromatic rings. The van der Waals surface area contributed by atoms with Gasteiger partial charge in [-0.2, -0.15) is 4.31 Å². The highest BCUT2D eigenvalue weighted by Crippen LogP contribution is 2.20. The van der Waals surface area contributed by atoms with Crippen LogP contribution in [0.15, 0.2) is 40.0 Å². The molecule has 0 aliphatic carbocycles. The fraction of sp³-hybridized carbons (Fsp3) is 0.385. The van der Waals surface area contributed by atoms with Crippen LogP contribution in [0.3, 0.4) is 0 Å². The van der Waals surface area contributed by atoms with E-state index in [-0.39, 0.29) is 18.0 Å². The third-order valence-electron chi connectivity index (χ3n) is 3.15. The van der Waals surface area contributed by atoms with E-state index in [0.717, 1.165) is 0 Å². The molecule has 2 heterocycles. The third-order valence-corrected chi connectivity index (χ3v) is 5.03. The Labute approximate surface area is 118 Å². The first-order valence-corrected chi connectivity index (χ1v) is 7.71. The minimum Gasteiger partial charge on any atom is -0.468 e. The number of aliphatic hydroxyl groups is 1. The lowest BCUT2D eigenvalue weighted by molar-refractivity contribution is 0.272. The highest BCUT2D eigenvalue weighted by Gasteiger charge is 2.25. The zero-order valence-electron chi connectivity index (χ0n) is 11.5. The van der Waals surface area contributed by atoms with Crippen molar-refractivity contribution < 1.29 is 17.9 Å². The molecule has 0 radical (unpaired) electrons. The van der Waals surface area contributed by atoms with Crippen LogP contribution < -0.4 is 0 Å². The average molecular weight is 298 g/mol. The molecule has 0 amide bonds. The summed E-state index contributed by atoms with van der Waals surface area (Å²) in [7, 11) is -1.90. The molecule has 2 aromatic heterocycles. The monoisotopic (exact) mass is 298 g/mol. The number of hydrogen-bond acceptors (Lipinski definition) is 4. The largest absolute Gasteiger partial charge is 0.468 e. The first-order chi connectivity index (χ1) is 9.48. The lowest BCUT2D eigenvalue weighted by Gasteiger charge is -2.18. The van der Waals surface area contributed by atoms with Gasteiger partial charge in [-0.15, -0.1) is 0 Å². The van der Waals surface area contributed by atoms with Crippen LogP contribution in [0, 0.1) is 0 Å². The second-order valence-corrected chi connectivity index (χ2v) is 6.38. The number of furan rings is 1. The van der Waals surface area contributed by atoms with E-state index in [1.165, 1.54) is 22.8 Å². The first kappa shape index (κ1) is 14.8. The van der Waals surface area contributed by atoms with Gasteiger partial charge in [-0.05, 0) is 18.2 Å². The van der Waals surface area contributed by atoms with Crippen LogP contribution in [0.2, 0.25) is 0 Å². The second kappa shape index (κ2) is 5.82. The Morgan fingerprint density at radius 2 is 2.20 bits per heavy atom. The zero-order valence-corrected chi connectivity index (χ0v) is 12.3. The number of aromatic nitrogens is 1. The van der Waals surface area contributed by atoms with Gasteiger partial charge in [-0.1, -0.05) is 6.92 Å². The van der Waals surface area contributed by atoms with Crippen LogP contribution >= 0.6 is 0 Å². The maximum absolute atomic E-state index is 12.6. The molecule has 2 rings (SSSR count). The summed E-state index contributed by atoms with van der Waals surface area (Å²) in [5, 5.41) is 9.16. The molecular weight excluding hydrogens is 280 g/mol. The molecule has 0 saturated heterocycles. The van der Waals surface area contributed by atoms with E-state index in [1.807, 2.05) is 0 Å². The maximum atomic E-state index is 12.6. The summed E-state index contributed by atoms with van der Waals surface area (Å²) in [4.78, 5) is 0.178. The third kappa shape index (κ3) is 2.79. The quantitative estimate of drug-likeness (QED) is 0.872. The molecule has 6 nitrogen and oxygen atoms in total. The summed E-state index contributed by atoms with van der Waals surface area (Å²) in [6.07, 6.45) is 3.02. The summed E-state index contributed by atoms with van der Waals surface area (Å²) in [5.41, 5.74) is 0.553. The standard InChI is InChI=1S/C13H18N2O4S/c1-3-15(8-12-5-4-6-19-12)20(17,18)13-7-11(10-16)14(2)9-13/h4-7,9,16H,3,8,10H2,1-2H3. The van der Waals surface area contributed by atoms with E-state index < -0.39 is 10.0 Å². The van der Waals surface area contributed by atoms with Crippen LogP contribution in [-0.4, -0.2) is 28.9 Å². The van der Waals surface area contributed by atoms with E-state index >= 15 is 0 Å². The van der Waals surface area contributed by atoms with Crippen molar-refractivity contribution in [3.63, 3.8) is 0 Å². The number of sulfonamides is 1. The van der Waals surface area contributed by atoms with Gasteiger partial charge in [0.2, 0.25) is 10.0 Å². The molecule has 0 aliphatic heterocycles. The lowest BCUT2D eigenvalue weighted by atomic mass is 10.4. The summed E-state index contributed by atoms with van der Waals surface area (Å²) in [6.45, 7) is 2.11. The van der Waals surface area contributed by atoms with Crippen molar-refractivity contribution in [2.75, 3.05) is 6.54 Å². The minimum absolute atomic E-state index is 0.178. The van der Waals surface area contributed by atoms with Crippen LogP contribution in [0.1, 0.15) is 18.4 Å². The molecule has 0 bridgehead atoms. The highest BCUT2D eigenvalue weighted by atomic mass is 32.2. The molecule has 0 fully saturated rings. The number of aryl methyl sites for hydroxylation is 1. The van der Waals surface area contributed by atoms with Crippen molar-refractivity contribution in [2.45, 2.75) is 25.0 Å². The van der Waals surface area contributed by atoms with Gasteiger partial charge in [-0.25, -0.2) is 8.42 Å². The molecule has 0 unspecified atom stereocenters. The van der Waals surface area contributed by atoms with Crippen LogP contribution in [0.25, 0.3) is 0 Å². The first-order valence-electron chi connectivity index (χ1n) is 6.27. The van der Waals surface area contributed by atoms with Gasteiger partial charge >= 0.3 is 0 Å². The van der Waals surface area contributed by atoms with Gasteiger partial charge < -0.3 is 14.1 Å². The maximum Gasteiger partial charge on any atom is 0.244 e. The summed E-state index contributed by atoms with van der Waals surface area (Å²) < 4.78 is 33.3. The topological polar surface area (TPSA) is 75.7 Å². The van der Waals surface area contributed by atoms with Crippen molar-refractivity contribution in [1.82, 2.24) is 8.87 Å². The van der Waals surface area contributed by atoms with Gasteiger partial charge in [-0.3, -0.25) is 0 Å². The summed E-state index contributed by atoms with van der Waals surface area (Å²) >= 11 is 0. The summed E-state index contributed by atoms with van der Waals surface area (Å²) in [6, 6.07) is 4.95. The minimum atomic E-state index is -3.60. The van der Waals surface area contributed by atoms with Crippen LogP contribution in [0.5, 0.6) is 0 Å². The number of hydrogen-bond donors (Lipinski definition) is 1. The van der Waals surface area contributed by atoms with Crippen molar-refractivity contribution >= 4 is 10.0 Å². The molecular formula is C13H18N2O4S. The second-order valence-electron chi connectivity index (χ2n) is 4.45. The fourth-order valence-corrected chi connectivity index (χ4v) is 3.48. The number of nitrogens with zero attached hydrogens (tertiary/aromatic N) is 2. The van der Waals surface area contributed by atoms with E-state index in [0.29, 0.717) is 18.0 Å². The molecule has 0 aliphatic rings. The van der Waals surface area contributed by atoms with Gasteiger partial charge in [0.05, 0.1) is 19.4 Å². The molecule has 0 atom stereocenters. The molecule has 20 heavy (non-hydrogen) atoms. The fourth-order valence-electron chi connectivity index (χ4n) is 1.97. The van der Waals surface area contributed by atoms with Gasteiger partial charge in [0.25, 0.3) is 0 Å². The molecule has 0 aromatic carbocycles. The van der Waals surface area contributed by atoms with Crippen LogP contribution in [0.4, 0.5) is 0 Å². The Balaban J connectivity index is 2.31. The van der Waals surface area contributed by atoms with Gasteiger partial charge in [0.1, 0.15) is 10.7 Å². The Bertz CT molecular complexity index is 659. The lowest BCUT2D eigenvalue weighted by Crippen LogP contribution is -2.30. The number of rotatable bonds is 6. The number of aliphatic hydroxyl groups excluding tert-OH is 1. The van der Waals surface area contributed by atoms with E-state index in [1.54, 1.807) is 30.7 Å². The Hall–Kier alpha value is -1.57. The Morgan fingerprint density at radius 3 is 2.70 bits per heavy atom. The Kier molecular flexibility index (Phi) is 4.32. The smallest absolute Gasteiger partial charge is 0.244 e. The zero-order chi connectivity index (χ0) is 14.8. The molecule has 0 spiro atoms. The molecule has 0 saturated carbocycles. The predicted molar refractivity (Wildman–Crippen MR) is 73.3 cm³/mol. The SMILES string of the molecule is CCN(Cc1ccco1)S(=O)(=O)c1cc(CO)n(C)c1. The highest BCUT2D eigenvalue weighted by molar-refractivity contribution is 7.89. The van der Waals surface area contributed by atoms with E-state index in [4.69, 9.17) is 9.52 Å². The Morgan fingerprint density at radius 1 is 1.45 bits per heavy atom. The molecule has 110 valence electrons. The summed E-state index contributed by atoms with van der Waals surface area (Å²) in [5.74, 6) is 0.591. The van der Waals surface area contributed by atoms with Gasteiger partial charge in [0, 0.05) is 25.5 Å². The van der Waals surface area contributed by atoms with Crippen molar-refractivity contribution in [1.29, 1.82) is 0 Å². The van der Waals surface area contributed by atoms with E-state index in [2.05, 4.69) is 0 Å². The molecule has 7 heteroatoms. The predicted octanol–water partition coefficient (Wildman–Crippen LogP) is 1.32. The average Bonchev–Trinajstić information content (AvgIpc) is 3.04.